The highest BCUT2D eigenvalue weighted by atomic mass is 32.2. The Kier molecular flexibility index (Phi) is 4.06. The first kappa shape index (κ1) is 15.5. The number of nitrogens with zero attached hydrogens (tertiary/aromatic N) is 2. The van der Waals surface area contributed by atoms with Gasteiger partial charge in [-0.15, -0.1) is 0 Å². The third-order valence-corrected chi connectivity index (χ3v) is 5.28. The van der Waals surface area contributed by atoms with E-state index in [-0.39, 0.29) is 4.90 Å². The van der Waals surface area contributed by atoms with Crippen molar-refractivity contribution in [2.75, 3.05) is 13.7 Å². The van der Waals surface area contributed by atoms with Crippen molar-refractivity contribution in [3.8, 4) is 5.75 Å². The van der Waals surface area contributed by atoms with Crippen LogP contribution in [0.5, 0.6) is 5.75 Å². The highest BCUT2D eigenvalue weighted by molar-refractivity contribution is 7.90. The van der Waals surface area contributed by atoms with Gasteiger partial charge in [-0.1, -0.05) is 6.07 Å². The maximum atomic E-state index is 13.0. The lowest BCUT2D eigenvalue weighted by Crippen LogP contribution is -2.12. The lowest BCUT2D eigenvalue weighted by atomic mass is 10.2. The van der Waals surface area contributed by atoms with Crippen LogP contribution in [0.25, 0.3) is 11.0 Å². The fraction of sp³-hybridized carbons (Fsp3) is 0.188. The van der Waals surface area contributed by atoms with E-state index in [4.69, 9.17) is 10.5 Å². The third-order valence-electron chi connectivity index (χ3n) is 3.61. The van der Waals surface area contributed by atoms with E-state index in [9.17, 15) is 8.42 Å². The van der Waals surface area contributed by atoms with E-state index in [1.165, 1.54) is 17.1 Å². The maximum absolute atomic E-state index is 13.0. The number of rotatable bonds is 5. The van der Waals surface area contributed by atoms with Crippen LogP contribution in [0.1, 0.15) is 5.56 Å². The van der Waals surface area contributed by atoms with Gasteiger partial charge < -0.3 is 10.5 Å². The van der Waals surface area contributed by atoms with Crippen LogP contribution >= 0.6 is 0 Å². The number of pyridine rings is 1. The molecule has 7 heteroatoms. The SMILES string of the molecule is COc1cccc(S(=O)(=O)n2cc(CCN)c3ncccc32)c1. The van der Waals surface area contributed by atoms with E-state index in [0.717, 1.165) is 5.56 Å². The zero-order valence-corrected chi connectivity index (χ0v) is 13.5. The molecule has 0 amide bonds. The van der Waals surface area contributed by atoms with Gasteiger partial charge in [-0.05, 0) is 42.8 Å². The smallest absolute Gasteiger partial charge is 0.268 e. The van der Waals surface area contributed by atoms with Crippen LogP contribution in [0.4, 0.5) is 0 Å². The number of fused-ring (bicyclic) bond motifs is 1. The number of methoxy groups -OCH3 is 1. The van der Waals surface area contributed by atoms with Crippen molar-refractivity contribution >= 4 is 21.1 Å². The molecule has 3 rings (SSSR count). The van der Waals surface area contributed by atoms with Crippen LogP contribution in [-0.4, -0.2) is 31.0 Å². The molecule has 2 N–H and O–H groups in total. The Morgan fingerprint density at radius 2 is 2.09 bits per heavy atom. The minimum absolute atomic E-state index is 0.164. The monoisotopic (exact) mass is 331 g/mol. The summed E-state index contributed by atoms with van der Waals surface area (Å²) in [5.74, 6) is 0.489. The number of nitrogens with two attached hydrogens (primary N) is 1. The summed E-state index contributed by atoms with van der Waals surface area (Å²) in [7, 11) is -2.24. The second-order valence-electron chi connectivity index (χ2n) is 5.04. The Labute approximate surface area is 134 Å². The van der Waals surface area contributed by atoms with E-state index in [2.05, 4.69) is 4.98 Å². The number of ether oxygens (including phenoxy) is 1. The molecule has 0 aliphatic rings. The predicted octanol–water partition coefficient (Wildman–Crippen LogP) is 1.78. The van der Waals surface area contributed by atoms with Crippen molar-refractivity contribution in [2.45, 2.75) is 11.3 Å². The van der Waals surface area contributed by atoms with Crippen LogP contribution in [0.15, 0.2) is 53.7 Å². The first-order valence-electron chi connectivity index (χ1n) is 7.12. The second-order valence-corrected chi connectivity index (χ2v) is 6.86. The van der Waals surface area contributed by atoms with Gasteiger partial charge in [0.05, 0.1) is 23.0 Å². The van der Waals surface area contributed by atoms with Crippen molar-refractivity contribution in [1.82, 2.24) is 8.96 Å². The Balaban J connectivity index is 2.22. The number of hydrogen-bond acceptors (Lipinski definition) is 5. The van der Waals surface area contributed by atoms with E-state index in [0.29, 0.717) is 29.7 Å². The fourth-order valence-electron chi connectivity index (χ4n) is 2.51. The highest BCUT2D eigenvalue weighted by Crippen LogP contribution is 2.26. The van der Waals surface area contributed by atoms with Crippen molar-refractivity contribution in [1.29, 1.82) is 0 Å². The molecule has 0 bridgehead atoms. The summed E-state index contributed by atoms with van der Waals surface area (Å²) in [6.45, 7) is 0.425. The summed E-state index contributed by atoms with van der Waals surface area (Å²) in [6, 6.07) is 9.85. The first-order chi connectivity index (χ1) is 11.1. The van der Waals surface area contributed by atoms with Crippen molar-refractivity contribution in [3.05, 3.63) is 54.4 Å². The molecule has 0 saturated carbocycles. The number of hydrogen-bond donors (Lipinski definition) is 1. The first-order valence-corrected chi connectivity index (χ1v) is 8.56. The van der Waals surface area contributed by atoms with Gasteiger partial charge in [0.15, 0.2) is 0 Å². The minimum atomic E-state index is -3.74. The van der Waals surface area contributed by atoms with Gasteiger partial charge >= 0.3 is 0 Å². The molecule has 23 heavy (non-hydrogen) atoms. The molecule has 2 aromatic heterocycles. The summed E-state index contributed by atoms with van der Waals surface area (Å²) in [4.78, 5) is 4.46. The van der Waals surface area contributed by atoms with Gasteiger partial charge in [0.1, 0.15) is 5.75 Å². The highest BCUT2D eigenvalue weighted by Gasteiger charge is 2.22. The van der Waals surface area contributed by atoms with Crippen LogP contribution in [-0.2, 0) is 16.4 Å². The van der Waals surface area contributed by atoms with E-state index >= 15 is 0 Å². The van der Waals surface area contributed by atoms with Crippen molar-refractivity contribution in [3.63, 3.8) is 0 Å². The third kappa shape index (κ3) is 2.69. The van der Waals surface area contributed by atoms with Crippen LogP contribution in [0.3, 0.4) is 0 Å². The quantitative estimate of drug-likeness (QED) is 0.770. The molecule has 6 nitrogen and oxygen atoms in total. The largest absolute Gasteiger partial charge is 0.497 e. The van der Waals surface area contributed by atoms with Gasteiger partial charge in [0, 0.05) is 18.5 Å². The molecule has 0 radical (unpaired) electrons. The number of aromatic nitrogens is 2. The molecule has 0 aliphatic heterocycles. The average Bonchev–Trinajstić information content (AvgIpc) is 2.95. The molecule has 120 valence electrons. The van der Waals surface area contributed by atoms with Crippen LogP contribution < -0.4 is 10.5 Å². The van der Waals surface area contributed by atoms with Crippen LogP contribution in [0.2, 0.25) is 0 Å². The molecule has 0 spiro atoms. The molecule has 0 aliphatic carbocycles. The zero-order valence-electron chi connectivity index (χ0n) is 12.6. The van der Waals surface area contributed by atoms with Gasteiger partial charge in [0.2, 0.25) is 0 Å². The predicted molar refractivity (Wildman–Crippen MR) is 88.1 cm³/mol. The molecular weight excluding hydrogens is 314 g/mol. The van der Waals surface area contributed by atoms with Crippen molar-refractivity contribution < 1.29 is 13.2 Å². The van der Waals surface area contributed by atoms with E-state index in [1.807, 2.05) is 0 Å². The Bertz CT molecular complexity index is 948. The summed E-state index contributed by atoms with van der Waals surface area (Å²) in [5, 5.41) is 0. The summed E-state index contributed by atoms with van der Waals surface area (Å²) >= 11 is 0. The molecule has 0 atom stereocenters. The normalized spacial score (nSPS) is 11.7. The number of benzene rings is 1. The fourth-order valence-corrected chi connectivity index (χ4v) is 3.92. The standard InChI is InChI=1S/C16H17N3O3S/c1-22-13-4-2-5-14(10-13)23(20,21)19-11-12(7-8-17)16-15(19)6-3-9-18-16/h2-6,9-11H,7-8,17H2,1H3. The van der Waals surface area contributed by atoms with Crippen LogP contribution in [0, 0.1) is 0 Å². The topological polar surface area (TPSA) is 87.2 Å². The molecule has 2 heterocycles. The Morgan fingerprint density at radius 3 is 2.83 bits per heavy atom. The molecule has 3 aromatic rings. The van der Waals surface area contributed by atoms with Crippen molar-refractivity contribution in [2.24, 2.45) is 5.73 Å². The van der Waals surface area contributed by atoms with Gasteiger partial charge in [0.25, 0.3) is 10.0 Å². The molecule has 1 aromatic carbocycles. The molecule has 0 fully saturated rings. The maximum Gasteiger partial charge on any atom is 0.268 e. The summed E-state index contributed by atoms with van der Waals surface area (Å²) in [5.41, 5.74) is 7.63. The lowest BCUT2D eigenvalue weighted by Gasteiger charge is -2.08. The summed E-state index contributed by atoms with van der Waals surface area (Å²) in [6.07, 6.45) is 3.80. The molecular formula is C16H17N3O3S. The molecule has 0 unspecified atom stereocenters. The van der Waals surface area contributed by atoms with Gasteiger partial charge in [-0.3, -0.25) is 4.98 Å². The summed E-state index contributed by atoms with van der Waals surface area (Å²) < 4.78 is 32.3. The zero-order chi connectivity index (χ0) is 16.4. The van der Waals surface area contributed by atoms with E-state index < -0.39 is 10.0 Å². The Hall–Kier alpha value is -2.38. The average molecular weight is 331 g/mol. The van der Waals surface area contributed by atoms with E-state index in [1.54, 1.807) is 42.7 Å². The lowest BCUT2D eigenvalue weighted by molar-refractivity contribution is 0.413. The Morgan fingerprint density at radius 1 is 1.26 bits per heavy atom. The van der Waals surface area contributed by atoms with Gasteiger partial charge in [-0.2, -0.15) is 0 Å². The second kappa shape index (κ2) is 6.02. The minimum Gasteiger partial charge on any atom is -0.497 e. The molecule has 0 saturated heterocycles. The van der Waals surface area contributed by atoms with Gasteiger partial charge in [-0.25, -0.2) is 12.4 Å².